The van der Waals surface area contributed by atoms with Crippen molar-refractivity contribution in [2.75, 3.05) is 10.6 Å². The number of anilines is 2. The molecule has 0 unspecified atom stereocenters. The third-order valence-electron chi connectivity index (χ3n) is 3.04. The Morgan fingerprint density at radius 2 is 1.56 bits per heavy atom. The summed E-state index contributed by atoms with van der Waals surface area (Å²) in [6.45, 7) is 2.12. The van der Waals surface area contributed by atoms with Crippen LogP contribution in [0.3, 0.4) is 0 Å². The van der Waals surface area contributed by atoms with E-state index >= 15 is 0 Å². The van der Waals surface area contributed by atoms with Crippen LogP contribution in [-0.2, 0) is 5.75 Å². The summed E-state index contributed by atoms with van der Waals surface area (Å²) in [7, 11) is 0. The number of benzene rings is 2. The molecule has 0 saturated heterocycles. The molecule has 0 saturated carbocycles. The van der Waals surface area contributed by atoms with Crippen molar-refractivity contribution in [3.63, 3.8) is 0 Å². The number of hydrogen-bond donors (Lipinski definition) is 2. The summed E-state index contributed by atoms with van der Waals surface area (Å²) in [4.78, 5) is 0. The molecule has 2 aromatic carbocycles. The summed E-state index contributed by atoms with van der Waals surface area (Å²) in [6.07, 6.45) is 0. The van der Waals surface area contributed by atoms with Crippen molar-refractivity contribution in [2.45, 2.75) is 18.2 Å². The molecule has 3 heteroatoms. The van der Waals surface area contributed by atoms with Gasteiger partial charge in [0, 0.05) is 5.75 Å². The molecule has 18 heavy (non-hydrogen) atoms. The van der Waals surface area contributed by atoms with Crippen molar-refractivity contribution < 1.29 is 0 Å². The second kappa shape index (κ2) is 4.94. The molecule has 1 heterocycles. The molecule has 0 amide bonds. The lowest BCUT2D eigenvalue weighted by molar-refractivity contribution is 1.20. The first kappa shape index (κ1) is 11.5. The van der Waals surface area contributed by atoms with Gasteiger partial charge in [-0.3, -0.25) is 0 Å². The summed E-state index contributed by atoms with van der Waals surface area (Å²) in [6, 6.07) is 17.1. The number of rotatable bonds is 3. The second-order valence-electron chi connectivity index (χ2n) is 4.51. The Morgan fingerprint density at radius 3 is 2.17 bits per heavy atom. The normalized spacial score (nSPS) is 13.8. The fourth-order valence-corrected chi connectivity index (χ4v) is 2.97. The van der Waals surface area contributed by atoms with Gasteiger partial charge in [-0.05, 0) is 24.6 Å². The monoisotopic (exact) mass is 256 g/mol. The van der Waals surface area contributed by atoms with Crippen LogP contribution >= 0.6 is 11.8 Å². The molecule has 1 aliphatic rings. The highest BCUT2D eigenvalue weighted by molar-refractivity contribution is 7.99. The Hall–Kier alpha value is -1.61. The van der Waals surface area contributed by atoms with Crippen molar-refractivity contribution in [3.05, 3.63) is 59.7 Å². The highest BCUT2D eigenvalue weighted by Crippen LogP contribution is 2.33. The second-order valence-corrected chi connectivity index (χ2v) is 5.60. The minimum absolute atomic E-state index is 0.267. The molecule has 2 nitrogen and oxygen atoms in total. The van der Waals surface area contributed by atoms with Gasteiger partial charge in [-0.25, -0.2) is 0 Å². The van der Waals surface area contributed by atoms with Crippen LogP contribution in [0.4, 0.5) is 11.4 Å². The Kier molecular flexibility index (Phi) is 3.15. The van der Waals surface area contributed by atoms with E-state index in [0.717, 1.165) is 5.75 Å². The van der Waals surface area contributed by atoms with E-state index in [0.29, 0.717) is 0 Å². The zero-order chi connectivity index (χ0) is 12.4. The predicted molar refractivity (Wildman–Crippen MR) is 79.9 cm³/mol. The summed E-state index contributed by atoms with van der Waals surface area (Å²) >= 11 is 1.88. The lowest BCUT2D eigenvalue weighted by Crippen LogP contribution is -2.17. The standard InChI is InChI=1S/C15H16N2S/c1-11-6-8-12(9-7-11)10-18-15-16-13-4-2-3-5-14(13)17-15/h2-9,15-17H,10H2,1H3. The van der Waals surface area contributed by atoms with Crippen molar-refractivity contribution in [1.82, 2.24) is 0 Å². The van der Waals surface area contributed by atoms with E-state index in [4.69, 9.17) is 0 Å². The van der Waals surface area contributed by atoms with Crippen LogP contribution in [0, 0.1) is 6.92 Å². The SMILES string of the molecule is Cc1ccc(CSC2Nc3ccccc3N2)cc1. The Labute approximate surface area is 112 Å². The van der Waals surface area contributed by atoms with Gasteiger partial charge in [0.1, 0.15) is 5.50 Å². The third-order valence-corrected chi connectivity index (χ3v) is 4.11. The van der Waals surface area contributed by atoms with Crippen LogP contribution in [0.25, 0.3) is 0 Å². The van der Waals surface area contributed by atoms with Crippen LogP contribution in [0.15, 0.2) is 48.5 Å². The Bertz CT molecular complexity index is 511. The average Bonchev–Trinajstić information content (AvgIpc) is 2.81. The summed E-state index contributed by atoms with van der Waals surface area (Å²) in [5.74, 6) is 1.01. The van der Waals surface area contributed by atoms with Gasteiger partial charge in [0.15, 0.2) is 0 Å². The van der Waals surface area contributed by atoms with E-state index in [2.05, 4.69) is 66.1 Å². The summed E-state index contributed by atoms with van der Waals surface area (Å²) in [5.41, 5.74) is 5.33. The lowest BCUT2D eigenvalue weighted by Gasteiger charge is -2.11. The number of para-hydroxylation sites is 2. The maximum absolute atomic E-state index is 3.47. The molecule has 0 bridgehead atoms. The van der Waals surface area contributed by atoms with Crippen LogP contribution < -0.4 is 10.6 Å². The van der Waals surface area contributed by atoms with E-state index in [9.17, 15) is 0 Å². The number of aryl methyl sites for hydroxylation is 1. The van der Waals surface area contributed by atoms with Crippen molar-refractivity contribution in [1.29, 1.82) is 0 Å². The van der Waals surface area contributed by atoms with Crippen molar-refractivity contribution in [2.24, 2.45) is 0 Å². The van der Waals surface area contributed by atoms with E-state index in [1.165, 1.54) is 22.5 Å². The molecule has 0 radical (unpaired) electrons. The first-order valence-electron chi connectivity index (χ1n) is 6.10. The maximum atomic E-state index is 3.47. The highest BCUT2D eigenvalue weighted by Gasteiger charge is 2.18. The predicted octanol–water partition coefficient (Wildman–Crippen LogP) is 4.05. The Morgan fingerprint density at radius 1 is 0.944 bits per heavy atom. The molecule has 92 valence electrons. The van der Waals surface area contributed by atoms with E-state index in [1.807, 2.05) is 11.8 Å². The van der Waals surface area contributed by atoms with Gasteiger partial charge in [0.2, 0.25) is 0 Å². The quantitative estimate of drug-likeness (QED) is 0.866. The van der Waals surface area contributed by atoms with Crippen LogP contribution in [0.5, 0.6) is 0 Å². The van der Waals surface area contributed by atoms with Crippen LogP contribution in [0.2, 0.25) is 0 Å². The molecule has 2 N–H and O–H groups in total. The first-order chi connectivity index (χ1) is 8.81. The van der Waals surface area contributed by atoms with Gasteiger partial charge in [-0.2, -0.15) is 0 Å². The van der Waals surface area contributed by atoms with Gasteiger partial charge >= 0.3 is 0 Å². The minimum atomic E-state index is 0.267. The van der Waals surface area contributed by atoms with E-state index < -0.39 is 0 Å². The van der Waals surface area contributed by atoms with Gasteiger partial charge in [-0.1, -0.05) is 42.0 Å². The number of nitrogens with one attached hydrogen (secondary N) is 2. The zero-order valence-corrected chi connectivity index (χ0v) is 11.1. The van der Waals surface area contributed by atoms with Crippen LogP contribution in [-0.4, -0.2) is 5.50 Å². The molecule has 0 aliphatic carbocycles. The van der Waals surface area contributed by atoms with Gasteiger partial charge in [0.25, 0.3) is 0 Å². The third kappa shape index (κ3) is 2.46. The largest absolute Gasteiger partial charge is 0.355 e. The number of fused-ring (bicyclic) bond motifs is 1. The van der Waals surface area contributed by atoms with E-state index in [-0.39, 0.29) is 5.50 Å². The molecule has 0 aromatic heterocycles. The van der Waals surface area contributed by atoms with Gasteiger partial charge in [0.05, 0.1) is 11.4 Å². The lowest BCUT2D eigenvalue weighted by atomic mass is 10.2. The van der Waals surface area contributed by atoms with Gasteiger partial charge in [-0.15, -0.1) is 11.8 Å². The molecule has 0 spiro atoms. The molecular formula is C15H16N2S. The summed E-state index contributed by atoms with van der Waals surface area (Å²) in [5, 5.41) is 6.94. The molecule has 2 aromatic rings. The smallest absolute Gasteiger partial charge is 0.146 e. The molecule has 3 rings (SSSR count). The molecule has 1 aliphatic heterocycles. The van der Waals surface area contributed by atoms with Crippen molar-refractivity contribution >= 4 is 23.1 Å². The molecule has 0 atom stereocenters. The van der Waals surface area contributed by atoms with Crippen LogP contribution in [0.1, 0.15) is 11.1 Å². The van der Waals surface area contributed by atoms with Crippen molar-refractivity contribution in [3.8, 4) is 0 Å². The average molecular weight is 256 g/mol. The fraction of sp³-hybridized carbons (Fsp3) is 0.200. The number of hydrogen-bond acceptors (Lipinski definition) is 3. The molecular weight excluding hydrogens is 240 g/mol. The first-order valence-corrected chi connectivity index (χ1v) is 7.15. The number of thioether (sulfide) groups is 1. The maximum Gasteiger partial charge on any atom is 0.146 e. The minimum Gasteiger partial charge on any atom is -0.355 e. The highest BCUT2D eigenvalue weighted by atomic mass is 32.2. The van der Waals surface area contributed by atoms with Gasteiger partial charge < -0.3 is 10.6 Å². The van der Waals surface area contributed by atoms with E-state index in [1.54, 1.807) is 0 Å². The Balaban J connectivity index is 1.58. The topological polar surface area (TPSA) is 24.1 Å². The molecule has 0 fully saturated rings. The fourth-order valence-electron chi connectivity index (χ4n) is 2.00. The summed E-state index contributed by atoms with van der Waals surface area (Å²) < 4.78 is 0. The zero-order valence-electron chi connectivity index (χ0n) is 10.3.